The van der Waals surface area contributed by atoms with Crippen molar-refractivity contribution in [3.05, 3.63) is 23.5 Å². The molecule has 2 nitrogen and oxygen atoms in total. The zero-order valence-electron chi connectivity index (χ0n) is 9.81. The SMILES string of the molecule is ClCC(Cc1cn2ccsc2n1)C1CCCC1. The summed E-state index contributed by atoms with van der Waals surface area (Å²) >= 11 is 7.83. The Morgan fingerprint density at radius 3 is 3.00 bits per heavy atom. The molecule has 0 aliphatic heterocycles. The molecule has 0 N–H and O–H groups in total. The van der Waals surface area contributed by atoms with E-state index < -0.39 is 0 Å². The Bertz CT molecular complexity index is 456. The predicted octanol–water partition coefficient (Wildman–Crippen LogP) is 3.98. The molecular weight excluding hydrogens is 252 g/mol. The average molecular weight is 269 g/mol. The lowest BCUT2D eigenvalue weighted by molar-refractivity contribution is 0.367. The second kappa shape index (κ2) is 4.99. The summed E-state index contributed by atoms with van der Waals surface area (Å²) in [5.74, 6) is 2.21. The van der Waals surface area contributed by atoms with E-state index >= 15 is 0 Å². The Balaban J connectivity index is 1.73. The van der Waals surface area contributed by atoms with Gasteiger partial charge in [0.05, 0.1) is 5.69 Å². The molecule has 0 spiro atoms. The van der Waals surface area contributed by atoms with Crippen LogP contribution in [0.2, 0.25) is 0 Å². The minimum atomic E-state index is 0.615. The van der Waals surface area contributed by atoms with Crippen molar-refractivity contribution in [3.63, 3.8) is 0 Å². The van der Waals surface area contributed by atoms with Gasteiger partial charge in [0.1, 0.15) is 0 Å². The number of aromatic nitrogens is 2. The molecule has 3 rings (SSSR count). The molecule has 1 atom stereocenters. The topological polar surface area (TPSA) is 17.3 Å². The number of nitrogens with zero attached hydrogens (tertiary/aromatic N) is 2. The van der Waals surface area contributed by atoms with Crippen LogP contribution in [0.3, 0.4) is 0 Å². The normalized spacial score (nSPS) is 19.1. The smallest absolute Gasteiger partial charge is 0.193 e. The maximum absolute atomic E-state index is 6.14. The number of halogens is 1. The van der Waals surface area contributed by atoms with Gasteiger partial charge in [0, 0.05) is 23.7 Å². The summed E-state index contributed by atoms with van der Waals surface area (Å²) in [4.78, 5) is 5.75. The Morgan fingerprint density at radius 1 is 1.47 bits per heavy atom. The van der Waals surface area contributed by atoms with Crippen molar-refractivity contribution in [2.45, 2.75) is 32.1 Å². The predicted molar refractivity (Wildman–Crippen MR) is 72.9 cm³/mol. The van der Waals surface area contributed by atoms with Crippen molar-refractivity contribution < 1.29 is 0 Å². The van der Waals surface area contributed by atoms with E-state index in [4.69, 9.17) is 11.6 Å². The lowest BCUT2D eigenvalue weighted by Gasteiger charge is -2.19. The Hall–Kier alpha value is -0.540. The highest BCUT2D eigenvalue weighted by atomic mass is 35.5. The van der Waals surface area contributed by atoms with Crippen LogP contribution in [-0.4, -0.2) is 15.3 Å². The molecule has 2 aromatic rings. The van der Waals surface area contributed by atoms with Crippen LogP contribution in [0.25, 0.3) is 4.96 Å². The first kappa shape index (κ1) is 11.5. The third-order valence-corrected chi connectivity index (χ3v) is 5.05. The number of rotatable bonds is 4. The van der Waals surface area contributed by atoms with Crippen LogP contribution in [0.5, 0.6) is 0 Å². The van der Waals surface area contributed by atoms with E-state index in [1.165, 1.54) is 31.4 Å². The van der Waals surface area contributed by atoms with Crippen LogP contribution in [0.4, 0.5) is 0 Å². The number of alkyl halides is 1. The number of hydrogen-bond acceptors (Lipinski definition) is 2. The summed E-state index contributed by atoms with van der Waals surface area (Å²) in [6, 6.07) is 0. The van der Waals surface area contributed by atoms with Crippen molar-refractivity contribution in [3.8, 4) is 0 Å². The Kier molecular flexibility index (Phi) is 3.39. The minimum absolute atomic E-state index is 0.615. The van der Waals surface area contributed by atoms with Gasteiger partial charge in [-0.3, -0.25) is 4.40 Å². The van der Waals surface area contributed by atoms with Gasteiger partial charge in [-0.1, -0.05) is 25.7 Å². The lowest BCUT2D eigenvalue weighted by atomic mass is 9.89. The molecule has 2 aromatic heterocycles. The molecule has 0 amide bonds. The van der Waals surface area contributed by atoms with Gasteiger partial charge >= 0.3 is 0 Å². The fourth-order valence-electron chi connectivity index (χ4n) is 2.92. The van der Waals surface area contributed by atoms with Crippen LogP contribution >= 0.6 is 22.9 Å². The van der Waals surface area contributed by atoms with Gasteiger partial charge in [-0.25, -0.2) is 4.98 Å². The zero-order valence-corrected chi connectivity index (χ0v) is 11.4. The molecule has 1 fully saturated rings. The maximum Gasteiger partial charge on any atom is 0.193 e. The van der Waals surface area contributed by atoms with Gasteiger partial charge in [0.15, 0.2) is 4.96 Å². The second-order valence-corrected chi connectivity index (χ2v) is 6.17. The van der Waals surface area contributed by atoms with Crippen molar-refractivity contribution >= 4 is 27.9 Å². The largest absolute Gasteiger partial charge is 0.297 e. The van der Waals surface area contributed by atoms with E-state index in [-0.39, 0.29) is 0 Å². The van der Waals surface area contributed by atoms with Crippen molar-refractivity contribution in [1.29, 1.82) is 0 Å². The van der Waals surface area contributed by atoms with Crippen molar-refractivity contribution in [1.82, 2.24) is 9.38 Å². The molecule has 92 valence electrons. The third-order valence-electron chi connectivity index (χ3n) is 3.88. The van der Waals surface area contributed by atoms with Crippen molar-refractivity contribution in [2.24, 2.45) is 11.8 Å². The first-order valence-electron chi connectivity index (χ1n) is 6.34. The van der Waals surface area contributed by atoms with Crippen LogP contribution in [0.15, 0.2) is 17.8 Å². The van der Waals surface area contributed by atoms with Gasteiger partial charge in [0.25, 0.3) is 0 Å². The summed E-state index contributed by atoms with van der Waals surface area (Å²) < 4.78 is 2.11. The monoisotopic (exact) mass is 268 g/mol. The fourth-order valence-corrected chi connectivity index (χ4v) is 4.00. The summed E-state index contributed by atoms with van der Waals surface area (Å²) in [6.07, 6.45) is 10.8. The third kappa shape index (κ3) is 2.36. The van der Waals surface area contributed by atoms with Gasteiger partial charge in [-0.15, -0.1) is 22.9 Å². The van der Waals surface area contributed by atoms with Crippen LogP contribution < -0.4 is 0 Å². The lowest BCUT2D eigenvalue weighted by Crippen LogP contribution is -2.16. The number of fused-ring (bicyclic) bond motifs is 1. The summed E-state index contributed by atoms with van der Waals surface area (Å²) in [5.41, 5.74) is 1.20. The van der Waals surface area contributed by atoms with Gasteiger partial charge in [-0.05, 0) is 18.3 Å². The maximum atomic E-state index is 6.14. The molecule has 17 heavy (non-hydrogen) atoms. The van der Waals surface area contributed by atoms with E-state index in [1.54, 1.807) is 11.3 Å². The standard InChI is InChI=1S/C13H17ClN2S/c14-8-11(10-3-1-2-4-10)7-12-9-16-5-6-17-13(16)15-12/h5-6,9-11H,1-4,7-8H2. The molecule has 1 aliphatic carbocycles. The highest BCUT2D eigenvalue weighted by Gasteiger charge is 2.25. The number of hydrogen-bond donors (Lipinski definition) is 0. The van der Waals surface area contributed by atoms with Crippen LogP contribution in [-0.2, 0) is 6.42 Å². The molecule has 0 bridgehead atoms. The van der Waals surface area contributed by atoms with E-state index in [0.29, 0.717) is 5.92 Å². The van der Waals surface area contributed by atoms with E-state index in [9.17, 15) is 0 Å². The first-order chi connectivity index (χ1) is 8.36. The fraction of sp³-hybridized carbons (Fsp3) is 0.615. The molecular formula is C13H17ClN2S. The van der Waals surface area contributed by atoms with E-state index in [1.807, 2.05) is 0 Å². The molecule has 0 radical (unpaired) electrons. The molecule has 1 unspecified atom stereocenters. The van der Waals surface area contributed by atoms with E-state index in [0.717, 1.165) is 23.2 Å². The molecule has 2 heterocycles. The molecule has 0 aromatic carbocycles. The molecule has 1 aliphatic rings. The van der Waals surface area contributed by atoms with Crippen LogP contribution in [0, 0.1) is 11.8 Å². The molecule has 0 saturated heterocycles. The minimum Gasteiger partial charge on any atom is -0.297 e. The first-order valence-corrected chi connectivity index (χ1v) is 7.75. The quantitative estimate of drug-likeness (QED) is 0.767. The highest BCUT2D eigenvalue weighted by Crippen LogP contribution is 2.33. The molecule has 4 heteroatoms. The summed E-state index contributed by atoms with van der Waals surface area (Å²) in [6.45, 7) is 0. The van der Waals surface area contributed by atoms with Gasteiger partial charge in [-0.2, -0.15) is 0 Å². The Labute approximate surface area is 111 Å². The van der Waals surface area contributed by atoms with Crippen molar-refractivity contribution in [2.75, 3.05) is 5.88 Å². The second-order valence-electron chi connectivity index (χ2n) is 4.99. The molecule has 1 saturated carbocycles. The summed E-state index contributed by atoms with van der Waals surface area (Å²) in [7, 11) is 0. The summed E-state index contributed by atoms with van der Waals surface area (Å²) in [5, 5.41) is 2.07. The Morgan fingerprint density at radius 2 is 2.29 bits per heavy atom. The highest BCUT2D eigenvalue weighted by molar-refractivity contribution is 7.15. The average Bonchev–Trinajstić information content (AvgIpc) is 3.01. The van der Waals surface area contributed by atoms with Crippen LogP contribution in [0.1, 0.15) is 31.4 Å². The van der Waals surface area contributed by atoms with Gasteiger partial charge < -0.3 is 0 Å². The van der Waals surface area contributed by atoms with Gasteiger partial charge in [0.2, 0.25) is 0 Å². The van der Waals surface area contributed by atoms with E-state index in [2.05, 4.69) is 27.2 Å². The zero-order chi connectivity index (χ0) is 11.7. The number of imidazole rings is 1. The number of thiazole rings is 1.